The summed E-state index contributed by atoms with van der Waals surface area (Å²) < 4.78 is 43.7. The van der Waals surface area contributed by atoms with E-state index >= 15 is 0 Å². The average molecular weight is 394 g/mol. The smallest absolute Gasteiger partial charge is 0.433 e. The number of anilines is 2. The molecule has 0 spiro atoms. The van der Waals surface area contributed by atoms with E-state index in [1.54, 1.807) is 25.1 Å². The fourth-order valence-electron chi connectivity index (χ4n) is 3.04. The van der Waals surface area contributed by atoms with Gasteiger partial charge in [-0.1, -0.05) is 6.07 Å². The van der Waals surface area contributed by atoms with E-state index in [9.17, 15) is 18.0 Å². The molecule has 0 unspecified atom stereocenters. The lowest BCUT2D eigenvalue weighted by Crippen LogP contribution is -2.31. The van der Waals surface area contributed by atoms with E-state index in [1.165, 1.54) is 12.3 Å². The zero-order chi connectivity index (χ0) is 20.1. The number of carbonyl (C=O) groups excluding carboxylic acids is 1. The molecule has 0 radical (unpaired) electrons. The second kappa shape index (κ2) is 8.45. The maximum absolute atomic E-state index is 12.9. The predicted octanol–water partition coefficient (Wildman–Crippen LogP) is 3.39. The molecule has 9 heteroatoms. The van der Waals surface area contributed by atoms with Crippen LogP contribution in [0, 0.1) is 0 Å². The van der Waals surface area contributed by atoms with E-state index < -0.39 is 17.8 Å². The van der Waals surface area contributed by atoms with Crippen LogP contribution in [-0.4, -0.2) is 48.7 Å². The van der Waals surface area contributed by atoms with Crippen molar-refractivity contribution in [3.05, 3.63) is 47.8 Å². The van der Waals surface area contributed by atoms with Crippen molar-refractivity contribution >= 4 is 17.6 Å². The van der Waals surface area contributed by atoms with Gasteiger partial charge >= 0.3 is 12.1 Å². The Morgan fingerprint density at radius 1 is 1.07 bits per heavy atom. The summed E-state index contributed by atoms with van der Waals surface area (Å²) in [6, 6.07) is 7.37. The van der Waals surface area contributed by atoms with Gasteiger partial charge in [0.15, 0.2) is 0 Å². The molecule has 6 nitrogen and oxygen atoms in total. The highest BCUT2D eigenvalue weighted by molar-refractivity contribution is 5.89. The molecule has 1 aliphatic rings. The minimum absolute atomic E-state index is 0.298. The van der Waals surface area contributed by atoms with Gasteiger partial charge in [0.05, 0.1) is 12.2 Å². The number of rotatable bonds is 4. The molecular weight excluding hydrogens is 373 g/mol. The first-order chi connectivity index (χ1) is 13.4. The van der Waals surface area contributed by atoms with Gasteiger partial charge < -0.3 is 14.5 Å². The molecule has 1 saturated heterocycles. The van der Waals surface area contributed by atoms with Gasteiger partial charge in [0.1, 0.15) is 17.3 Å². The third-order valence-corrected chi connectivity index (χ3v) is 4.43. The van der Waals surface area contributed by atoms with E-state index in [4.69, 9.17) is 4.74 Å². The number of pyridine rings is 2. The zero-order valence-electron chi connectivity index (χ0n) is 15.4. The van der Waals surface area contributed by atoms with Crippen LogP contribution in [0.25, 0.3) is 0 Å². The van der Waals surface area contributed by atoms with Gasteiger partial charge in [-0.05, 0) is 37.6 Å². The molecule has 0 saturated carbocycles. The third-order valence-electron chi connectivity index (χ3n) is 4.43. The number of esters is 1. The Bertz CT molecular complexity index is 812. The van der Waals surface area contributed by atoms with E-state index in [0.29, 0.717) is 50.0 Å². The van der Waals surface area contributed by atoms with Crippen LogP contribution in [0.5, 0.6) is 0 Å². The van der Waals surface area contributed by atoms with E-state index in [-0.39, 0.29) is 0 Å². The van der Waals surface area contributed by atoms with Crippen LogP contribution in [0.3, 0.4) is 0 Å². The molecule has 0 aliphatic carbocycles. The number of alkyl halides is 3. The summed E-state index contributed by atoms with van der Waals surface area (Å²) >= 11 is 0. The topological polar surface area (TPSA) is 58.6 Å². The van der Waals surface area contributed by atoms with E-state index in [0.717, 1.165) is 12.5 Å². The number of hydrogen-bond acceptors (Lipinski definition) is 6. The first-order valence-electron chi connectivity index (χ1n) is 9.06. The molecule has 1 aliphatic heterocycles. The zero-order valence-corrected chi connectivity index (χ0v) is 15.4. The van der Waals surface area contributed by atoms with Gasteiger partial charge in [-0.15, -0.1) is 0 Å². The monoisotopic (exact) mass is 394 g/mol. The molecule has 2 aromatic heterocycles. The van der Waals surface area contributed by atoms with Gasteiger partial charge in [0.25, 0.3) is 0 Å². The summed E-state index contributed by atoms with van der Waals surface area (Å²) in [5.74, 6) is 0.619. The lowest BCUT2D eigenvalue weighted by Gasteiger charge is -2.24. The van der Waals surface area contributed by atoms with Crippen molar-refractivity contribution in [2.75, 3.05) is 42.6 Å². The number of halogens is 3. The highest BCUT2D eigenvalue weighted by Gasteiger charge is 2.33. The van der Waals surface area contributed by atoms with Crippen LogP contribution in [0.2, 0.25) is 0 Å². The molecule has 0 amide bonds. The van der Waals surface area contributed by atoms with Crippen molar-refractivity contribution in [1.29, 1.82) is 0 Å². The molecule has 28 heavy (non-hydrogen) atoms. The summed E-state index contributed by atoms with van der Waals surface area (Å²) in [6.45, 7) is 4.46. The fraction of sp³-hybridized carbons (Fsp3) is 0.421. The maximum atomic E-state index is 12.9. The Morgan fingerprint density at radius 3 is 2.39 bits per heavy atom. The molecule has 0 atom stereocenters. The fourth-order valence-corrected chi connectivity index (χ4v) is 3.04. The van der Waals surface area contributed by atoms with Crippen molar-refractivity contribution in [3.8, 4) is 0 Å². The molecule has 3 heterocycles. The van der Waals surface area contributed by atoms with Gasteiger partial charge in [0, 0.05) is 32.4 Å². The van der Waals surface area contributed by atoms with Gasteiger partial charge in [-0.3, -0.25) is 0 Å². The lowest BCUT2D eigenvalue weighted by atomic mass is 10.2. The lowest BCUT2D eigenvalue weighted by molar-refractivity contribution is -0.141. The number of nitrogens with zero attached hydrogens (tertiary/aromatic N) is 4. The quantitative estimate of drug-likeness (QED) is 0.741. The molecule has 0 N–H and O–H groups in total. The van der Waals surface area contributed by atoms with Crippen molar-refractivity contribution < 1.29 is 22.7 Å². The Balaban J connectivity index is 1.68. The van der Waals surface area contributed by atoms with Crippen molar-refractivity contribution in [2.24, 2.45) is 0 Å². The molecule has 0 aromatic carbocycles. The molecule has 1 fully saturated rings. The van der Waals surface area contributed by atoms with Crippen molar-refractivity contribution in [3.63, 3.8) is 0 Å². The van der Waals surface area contributed by atoms with Gasteiger partial charge in [0.2, 0.25) is 0 Å². The summed E-state index contributed by atoms with van der Waals surface area (Å²) in [6.07, 6.45) is -2.23. The first-order valence-corrected chi connectivity index (χ1v) is 9.06. The predicted molar refractivity (Wildman–Crippen MR) is 98.5 cm³/mol. The number of ether oxygens (including phenoxy) is 1. The van der Waals surface area contributed by atoms with Crippen LogP contribution in [0.15, 0.2) is 36.5 Å². The minimum atomic E-state index is -4.46. The standard InChI is InChI=1S/C19H21F3N4O2/c1-2-28-18(27)14-7-8-16(23-13-14)25-9-4-10-26(12-11-25)17-6-3-5-15(24-17)19(20,21)22/h3,5-8,13H,2,4,9-12H2,1H3. The second-order valence-electron chi connectivity index (χ2n) is 6.33. The van der Waals surface area contributed by atoms with Crippen molar-refractivity contribution in [1.82, 2.24) is 9.97 Å². The van der Waals surface area contributed by atoms with Gasteiger partial charge in [-0.25, -0.2) is 14.8 Å². The van der Waals surface area contributed by atoms with Crippen LogP contribution < -0.4 is 9.80 Å². The molecule has 150 valence electrons. The molecule has 2 aromatic rings. The van der Waals surface area contributed by atoms with E-state index in [1.807, 2.05) is 9.80 Å². The normalized spacial score (nSPS) is 15.3. The van der Waals surface area contributed by atoms with Crippen LogP contribution in [0.4, 0.5) is 24.8 Å². The Labute approximate surface area is 160 Å². The third kappa shape index (κ3) is 4.71. The van der Waals surface area contributed by atoms with Crippen LogP contribution >= 0.6 is 0 Å². The molecule has 0 bridgehead atoms. The number of aromatic nitrogens is 2. The Kier molecular flexibility index (Phi) is 6.01. The number of hydrogen-bond donors (Lipinski definition) is 0. The molecular formula is C19H21F3N4O2. The second-order valence-corrected chi connectivity index (χ2v) is 6.33. The number of carbonyl (C=O) groups is 1. The van der Waals surface area contributed by atoms with Gasteiger partial charge in [-0.2, -0.15) is 13.2 Å². The Morgan fingerprint density at radius 2 is 1.79 bits per heavy atom. The van der Waals surface area contributed by atoms with Crippen LogP contribution in [0.1, 0.15) is 29.4 Å². The summed E-state index contributed by atoms with van der Waals surface area (Å²) in [5, 5.41) is 0. The summed E-state index contributed by atoms with van der Waals surface area (Å²) in [7, 11) is 0. The SMILES string of the molecule is CCOC(=O)c1ccc(N2CCCN(c3cccc(C(F)(F)F)n3)CC2)nc1. The van der Waals surface area contributed by atoms with Crippen molar-refractivity contribution in [2.45, 2.75) is 19.5 Å². The van der Waals surface area contributed by atoms with E-state index in [2.05, 4.69) is 9.97 Å². The summed E-state index contributed by atoms with van der Waals surface area (Å²) in [4.78, 5) is 23.7. The summed E-state index contributed by atoms with van der Waals surface area (Å²) in [5.41, 5.74) is -0.502. The average Bonchev–Trinajstić information content (AvgIpc) is 2.94. The van der Waals surface area contributed by atoms with Crippen LogP contribution in [-0.2, 0) is 10.9 Å². The maximum Gasteiger partial charge on any atom is 0.433 e. The highest BCUT2D eigenvalue weighted by Crippen LogP contribution is 2.29. The largest absolute Gasteiger partial charge is 0.462 e. The first kappa shape index (κ1) is 19.9. The molecule has 3 rings (SSSR count). The highest BCUT2D eigenvalue weighted by atomic mass is 19.4. The minimum Gasteiger partial charge on any atom is -0.462 e. The Hall–Kier alpha value is -2.84.